The zero-order chi connectivity index (χ0) is 13.0. The highest BCUT2D eigenvalue weighted by molar-refractivity contribution is 5.48. The molecule has 4 rings (SSSR count). The van der Waals surface area contributed by atoms with E-state index in [9.17, 15) is 4.39 Å². The molecule has 0 aliphatic heterocycles. The van der Waals surface area contributed by atoms with Gasteiger partial charge in [-0.3, -0.25) is 0 Å². The van der Waals surface area contributed by atoms with E-state index in [0.717, 1.165) is 29.2 Å². The van der Waals surface area contributed by atoms with Crippen molar-refractivity contribution >= 4 is 5.69 Å². The van der Waals surface area contributed by atoms with Crippen LogP contribution in [0.2, 0.25) is 0 Å². The van der Waals surface area contributed by atoms with E-state index in [4.69, 9.17) is 0 Å². The van der Waals surface area contributed by atoms with Gasteiger partial charge in [-0.1, -0.05) is 12.5 Å². The third-order valence-corrected chi connectivity index (χ3v) is 5.89. The van der Waals surface area contributed by atoms with Crippen LogP contribution in [0.5, 0.6) is 0 Å². The number of halogens is 1. The molecule has 1 N–H and O–H groups in total. The van der Waals surface area contributed by atoms with Crippen LogP contribution >= 0.6 is 0 Å². The van der Waals surface area contributed by atoms with Gasteiger partial charge in [-0.05, 0) is 74.0 Å². The molecule has 0 heterocycles. The van der Waals surface area contributed by atoms with E-state index < -0.39 is 0 Å². The van der Waals surface area contributed by atoms with Gasteiger partial charge in [-0.2, -0.15) is 0 Å². The molecule has 5 unspecified atom stereocenters. The monoisotopic (exact) mass is 259 g/mol. The minimum Gasteiger partial charge on any atom is -0.380 e. The van der Waals surface area contributed by atoms with Crippen LogP contribution in [0.25, 0.3) is 0 Å². The zero-order valence-electron chi connectivity index (χ0n) is 11.5. The summed E-state index contributed by atoms with van der Waals surface area (Å²) in [4.78, 5) is 0. The maximum atomic E-state index is 13.9. The molecule has 3 fully saturated rings. The molecule has 5 atom stereocenters. The maximum absolute atomic E-state index is 13.9. The molecule has 0 saturated heterocycles. The highest BCUT2D eigenvalue weighted by Gasteiger charge is 2.53. The zero-order valence-corrected chi connectivity index (χ0v) is 11.5. The van der Waals surface area contributed by atoms with Crippen LogP contribution < -0.4 is 5.32 Å². The van der Waals surface area contributed by atoms with E-state index >= 15 is 0 Å². The van der Waals surface area contributed by atoms with Crippen molar-refractivity contribution in [1.82, 2.24) is 0 Å². The van der Waals surface area contributed by atoms with E-state index in [0.29, 0.717) is 11.7 Å². The molecule has 1 nitrogen and oxygen atoms in total. The number of nitrogens with one attached hydrogen (secondary N) is 1. The Morgan fingerprint density at radius 1 is 1.11 bits per heavy atom. The number of hydrogen-bond donors (Lipinski definition) is 1. The highest BCUT2D eigenvalue weighted by Crippen LogP contribution is 2.59. The molecular weight excluding hydrogens is 237 g/mol. The molecule has 0 spiro atoms. The van der Waals surface area contributed by atoms with Crippen molar-refractivity contribution in [3.8, 4) is 0 Å². The molecule has 2 heteroatoms. The van der Waals surface area contributed by atoms with Gasteiger partial charge in [-0.15, -0.1) is 0 Å². The highest BCUT2D eigenvalue weighted by atomic mass is 19.1. The molecule has 1 aromatic rings. The summed E-state index contributed by atoms with van der Waals surface area (Å²) in [5, 5.41) is 3.52. The molecule has 2 bridgehead atoms. The van der Waals surface area contributed by atoms with E-state index in [-0.39, 0.29) is 5.82 Å². The van der Waals surface area contributed by atoms with Crippen LogP contribution in [0.15, 0.2) is 18.2 Å². The first-order valence-corrected chi connectivity index (χ1v) is 7.75. The normalized spacial score (nSPS) is 39.6. The summed E-state index contributed by atoms with van der Waals surface area (Å²) < 4.78 is 13.9. The van der Waals surface area contributed by atoms with Gasteiger partial charge in [-0.25, -0.2) is 4.39 Å². The first-order chi connectivity index (χ1) is 9.22. The predicted molar refractivity (Wildman–Crippen MR) is 75.6 cm³/mol. The average Bonchev–Trinajstić information content (AvgIpc) is 3.05. The van der Waals surface area contributed by atoms with Gasteiger partial charge in [0.05, 0.1) is 5.69 Å². The topological polar surface area (TPSA) is 12.0 Å². The second kappa shape index (κ2) is 4.22. The summed E-state index contributed by atoms with van der Waals surface area (Å²) in [5.41, 5.74) is 1.85. The van der Waals surface area contributed by atoms with Crippen LogP contribution in [0.3, 0.4) is 0 Å². The third kappa shape index (κ3) is 1.79. The molecule has 102 valence electrons. The van der Waals surface area contributed by atoms with Crippen LogP contribution in [0, 0.1) is 36.4 Å². The largest absolute Gasteiger partial charge is 0.380 e. The molecular formula is C17H22FN. The van der Waals surface area contributed by atoms with Gasteiger partial charge < -0.3 is 5.32 Å². The Morgan fingerprint density at radius 2 is 1.95 bits per heavy atom. The van der Waals surface area contributed by atoms with Crippen LogP contribution in [-0.4, -0.2) is 6.04 Å². The summed E-state index contributed by atoms with van der Waals surface area (Å²) in [6, 6.07) is 5.89. The van der Waals surface area contributed by atoms with E-state index in [1.807, 2.05) is 19.1 Å². The second-order valence-corrected chi connectivity index (χ2v) is 6.89. The van der Waals surface area contributed by atoms with Gasteiger partial charge in [0.2, 0.25) is 0 Å². The average molecular weight is 259 g/mol. The quantitative estimate of drug-likeness (QED) is 0.831. The van der Waals surface area contributed by atoms with Gasteiger partial charge in [0, 0.05) is 6.04 Å². The smallest absolute Gasteiger partial charge is 0.146 e. The Balaban J connectivity index is 1.54. The van der Waals surface area contributed by atoms with Crippen molar-refractivity contribution in [2.45, 2.75) is 45.1 Å². The molecule has 3 aliphatic carbocycles. The van der Waals surface area contributed by atoms with Crippen LogP contribution in [0.4, 0.5) is 10.1 Å². The number of fused-ring (bicyclic) bond motifs is 5. The van der Waals surface area contributed by atoms with Gasteiger partial charge in [0.25, 0.3) is 0 Å². The molecule has 0 amide bonds. The lowest BCUT2D eigenvalue weighted by atomic mass is 9.79. The minimum atomic E-state index is -0.101. The maximum Gasteiger partial charge on any atom is 0.146 e. The van der Waals surface area contributed by atoms with Crippen molar-refractivity contribution in [1.29, 1.82) is 0 Å². The van der Waals surface area contributed by atoms with Crippen molar-refractivity contribution in [3.05, 3.63) is 29.6 Å². The molecule has 0 radical (unpaired) electrons. The standard InChI is InChI=1S/C17H22FN/c1-10-5-6-15(18)17(7-10)19-16-9-11-8-14(16)13-4-2-3-12(11)13/h5-7,11-14,16,19H,2-4,8-9H2,1H3. The predicted octanol–water partition coefficient (Wildman–Crippen LogP) is 4.37. The number of anilines is 1. The SMILES string of the molecule is Cc1ccc(F)c(NC2CC3CC2C2CCCC32)c1. The Labute approximate surface area is 114 Å². The molecule has 3 saturated carbocycles. The Bertz CT molecular complexity index is 498. The number of hydrogen-bond acceptors (Lipinski definition) is 1. The second-order valence-electron chi connectivity index (χ2n) is 6.89. The Kier molecular flexibility index (Phi) is 2.61. The fourth-order valence-corrected chi connectivity index (χ4v) is 5.18. The minimum absolute atomic E-state index is 0.101. The van der Waals surface area contributed by atoms with Crippen molar-refractivity contribution < 1.29 is 4.39 Å². The summed E-state index contributed by atoms with van der Waals surface area (Å²) in [6.45, 7) is 2.03. The fraction of sp³-hybridized carbons (Fsp3) is 0.647. The molecule has 0 aromatic heterocycles. The number of benzene rings is 1. The summed E-state index contributed by atoms with van der Waals surface area (Å²) in [6.07, 6.45) is 6.95. The molecule has 19 heavy (non-hydrogen) atoms. The molecule has 3 aliphatic rings. The van der Waals surface area contributed by atoms with E-state index in [1.54, 1.807) is 6.07 Å². The summed E-state index contributed by atoms with van der Waals surface area (Å²) in [5.74, 6) is 3.56. The van der Waals surface area contributed by atoms with Crippen molar-refractivity contribution in [2.75, 3.05) is 5.32 Å². The van der Waals surface area contributed by atoms with Crippen LogP contribution in [0.1, 0.15) is 37.7 Å². The van der Waals surface area contributed by atoms with Gasteiger partial charge in [0.1, 0.15) is 5.82 Å². The van der Waals surface area contributed by atoms with Crippen LogP contribution in [-0.2, 0) is 0 Å². The van der Waals surface area contributed by atoms with Crippen molar-refractivity contribution in [2.24, 2.45) is 23.7 Å². The fourth-order valence-electron chi connectivity index (χ4n) is 5.18. The van der Waals surface area contributed by atoms with Crippen molar-refractivity contribution in [3.63, 3.8) is 0 Å². The third-order valence-electron chi connectivity index (χ3n) is 5.89. The first kappa shape index (κ1) is 11.7. The summed E-state index contributed by atoms with van der Waals surface area (Å²) >= 11 is 0. The Morgan fingerprint density at radius 3 is 2.84 bits per heavy atom. The first-order valence-electron chi connectivity index (χ1n) is 7.75. The van der Waals surface area contributed by atoms with E-state index in [1.165, 1.54) is 32.1 Å². The van der Waals surface area contributed by atoms with E-state index in [2.05, 4.69) is 5.32 Å². The number of aryl methyl sites for hydroxylation is 1. The van der Waals surface area contributed by atoms with Gasteiger partial charge >= 0.3 is 0 Å². The van der Waals surface area contributed by atoms with Gasteiger partial charge in [0.15, 0.2) is 0 Å². The lowest BCUT2D eigenvalue weighted by Gasteiger charge is -2.32. The Hall–Kier alpha value is -1.05. The summed E-state index contributed by atoms with van der Waals surface area (Å²) in [7, 11) is 0. The lowest BCUT2D eigenvalue weighted by molar-refractivity contribution is 0.243. The lowest BCUT2D eigenvalue weighted by Crippen LogP contribution is -2.34. The molecule has 1 aromatic carbocycles. The number of rotatable bonds is 2.